The zero-order valence-corrected chi connectivity index (χ0v) is 11.3. The molecule has 3 rings (SSSR count). The van der Waals surface area contributed by atoms with Gasteiger partial charge in [-0.25, -0.2) is 4.98 Å². The van der Waals surface area contributed by atoms with Gasteiger partial charge in [-0.1, -0.05) is 24.3 Å². The molecule has 0 bridgehead atoms. The van der Waals surface area contributed by atoms with E-state index in [2.05, 4.69) is 41.3 Å². The van der Waals surface area contributed by atoms with Crippen molar-refractivity contribution in [2.45, 2.75) is 38.8 Å². The Bertz CT molecular complexity index is 536. The van der Waals surface area contributed by atoms with E-state index in [1.54, 1.807) is 6.33 Å². The predicted molar refractivity (Wildman–Crippen MR) is 74.7 cm³/mol. The smallest absolute Gasteiger partial charge is 0.138 e. The van der Waals surface area contributed by atoms with E-state index in [0.717, 1.165) is 31.6 Å². The highest BCUT2D eigenvalue weighted by Gasteiger charge is 2.27. The Kier molecular flexibility index (Phi) is 3.34. The molecular formula is C15H20N4. The number of aryl methyl sites for hydroxylation is 1. The number of benzene rings is 1. The van der Waals surface area contributed by atoms with Crippen LogP contribution >= 0.6 is 0 Å². The molecule has 1 heterocycles. The van der Waals surface area contributed by atoms with Crippen molar-refractivity contribution in [2.75, 3.05) is 0 Å². The van der Waals surface area contributed by atoms with Crippen LogP contribution in [0, 0.1) is 5.92 Å². The second-order valence-electron chi connectivity index (χ2n) is 5.30. The fourth-order valence-electron chi connectivity index (χ4n) is 2.98. The van der Waals surface area contributed by atoms with Gasteiger partial charge in [0.15, 0.2) is 0 Å². The number of nitrogens with zero attached hydrogens (tertiary/aromatic N) is 3. The second kappa shape index (κ2) is 5.13. The van der Waals surface area contributed by atoms with Crippen molar-refractivity contribution in [3.05, 3.63) is 47.5 Å². The molecule has 4 heteroatoms. The Morgan fingerprint density at radius 1 is 1.32 bits per heavy atom. The molecule has 0 fully saturated rings. The maximum absolute atomic E-state index is 6.39. The highest BCUT2D eigenvalue weighted by molar-refractivity contribution is 5.32. The monoisotopic (exact) mass is 256 g/mol. The number of rotatable bonds is 4. The molecule has 1 aromatic heterocycles. The van der Waals surface area contributed by atoms with Crippen molar-refractivity contribution in [3.63, 3.8) is 0 Å². The Morgan fingerprint density at radius 2 is 2.00 bits per heavy atom. The van der Waals surface area contributed by atoms with E-state index in [-0.39, 0.29) is 6.04 Å². The van der Waals surface area contributed by atoms with Crippen LogP contribution in [0.4, 0.5) is 0 Å². The van der Waals surface area contributed by atoms with E-state index < -0.39 is 0 Å². The quantitative estimate of drug-likeness (QED) is 0.903. The van der Waals surface area contributed by atoms with Crippen molar-refractivity contribution < 1.29 is 0 Å². The normalized spacial score (nSPS) is 16.5. The number of hydrogen-bond acceptors (Lipinski definition) is 3. The maximum atomic E-state index is 6.39. The van der Waals surface area contributed by atoms with Gasteiger partial charge < -0.3 is 5.73 Å². The molecule has 19 heavy (non-hydrogen) atoms. The SMILES string of the molecule is CCn1ncnc1CC(N)C1Cc2ccccc2C1. The van der Waals surface area contributed by atoms with Gasteiger partial charge in [0.05, 0.1) is 0 Å². The lowest BCUT2D eigenvalue weighted by Crippen LogP contribution is -2.34. The van der Waals surface area contributed by atoms with Crippen molar-refractivity contribution in [1.29, 1.82) is 0 Å². The average molecular weight is 256 g/mol. The van der Waals surface area contributed by atoms with Crippen LogP contribution in [0.3, 0.4) is 0 Å². The van der Waals surface area contributed by atoms with E-state index in [0.29, 0.717) is 5.92 Å². The minimum Gasteiger partial charge on any atom is -0.327 e. The number of aromatic nitrogens is 3. The number of fused-ring (bicyclic) bond motifs is 1. The highest BCUT2D eigenvalue weighted by atomic mass is 15.3. The van der Waals surface area contributed by atoms with E-state index in [1.165, 1.54) is 11.1 Å². The molecule has 1 aliphatic rings. The van der Waals surface area contributed by atoms with Gasteiger partial charge in [-0.05, 0) is 36.8 Å². The lowest BCUT2D eigenvalue weighted by Gasteiger charge is -2.18. The third-order valence-electron chi connectivity index (χ3n) is 4.10. The third-order valence-corrected chi connectivity index (χ3v) is 4.10. The van der Waals surface area contributed by atoms with Crippen LogP contribution in [0.5, 0.6) is 0 Å². The van der Waals surface area contributed by atoms with Gasteiger partial charge in [-0.2, -0.15) is 5.10 Å². The number of hydrogen-bond donors (Lipinski definition) is 1. The summed E-state index contributed by atoms with van der Waals surface area (Å²) in [6, 6.07) is 8.82. The van der Waals surface area contributed by atoms with Crippen LogP contribution in [-0.4, -0.2) is 20.8 Å². The fourth-order valence-corrected chi connectivity index (χ4v) is 2.98. The van der Waals surface area contributed by atoms with Crippen LogP contribution in [0.15, 0.2) is 30.6 Å². The standard InChI is InChI=1S/C15H20N4/c1-2-19-15(17-10-18-19)9-14(16)13-7-11-5-3-4-6-12(11)8-13/h3-6,10,13-14H,2,7-9,16H2,1H3. The maximum Gasteiger partial charge on any atom is 0.138 e. The molecule has 0 saturated heterocycles. The van der Waals surface area contributed by atoms with Crippen LogP contribution in [0.2, 0.25) is 0 Å². The summed E-state index contributed by atoms with van der Waals surface area (Å²) in [4.78, 5) is 4.32. The molecule has 100 valence electrons. The molecule has 1 aromatic carbocycles. The van der Waals surface area contributed by atoms with E-state index in [1.807, 2.05) is 4.68 Å². The summed E-state index contributed by atoms with van der Waals surface area (Å²) >= 11 is 0. The molecule has 1 atom stereocenters. The van der Waals surface area contributed by atoms with Crippen LogP contribution in [0.1, 0.15) is 23.9 Å². The summed E-state index contributed by atoms with van der Waals surface area (Å²) in [6.45, 7) is 2.93. The summed E-state index contributed by atoms with van der Waals surface area (Å²) in [5.74, 6) is 1.53. The van der Waals surface area contributed by atoms with Crippen LogP contribution < -0.4 is 5.73 Å². The molecule has 4 nitrogen and oxygen atoms in total. The van der Waals surface area contributed by atoms with Crippen molar-refractivity contribution in [3.8, 4) is 0 Å². The molecule has 1 unspecified atom stereocenters. The first-order valence-electron chi connectivity index (χ1n) is 6.97. The minimum absolute atomic E-state index is 0.155. The van der Waals surface area contributed by atoms with Gasteiger partial charge in [-0.15, -0.1) is 0 Å². The molecule has 2 aromatic rings. The Balaban J connectivity index is 1.68. The first-order chi connectivity index (χ1) is 9.28. The largest absolute Gasteiger partial charge is 0.327 e. The third kappa shape index (κ3) is 2.40. The van der Waals surface area contributed by atoms with Crippen molar-refractivity contribution in [2.24, 2.45) is 11.7 Å². The summed E-state index contributed by atoms with van der Waals surface area (Å²) in [6.07, 6.45) is 4.62. The number of nitrogens with two attached hydrogens (primary N) is 1. The molecule has 0 aliphatic heterocycles. The lowest BCUT2D eigenvalue weighted by atomic mass is 9.94. The van der Waals surface area contributed by atoms with Gasteiger partial charge in [0.25, 0.3) is 0 Å². The zero-order chi connectivity index (χ0) is 13.2. The molecule has 0 spiro atoms. The van der Waals surface area contributed by atoms with Gasteiger partial charge in [0, 0.05) is 19.0 Å². The Hall–Kier alpha value is -1.68. The molecule has 0 amide bonds. The summed E-state index contributed by atoms with van der Waals surface area (Å²) in [5, 5.41) is 4.20. The summed E-state index contributed by atoms with van der Waals surface area (Å²) in [7, 11) is 0. The van der Waals surface area contributed by atoms with E-state index in [4.69, 9.17) is 5.73 Å². The average Bonchev–Trinajstić information content (AvgIpc) is 3.03. The summed E-state index contributed by atoms with van der Waals surface area (Å²) < 4.78 is 1.93. The first kappa shape index (κ1) is 12.4. The van der Waals surface area contributed by atoms with E-state index in [9.17, 15) is 0 Å². The van der Waals surface area contributed by atoms with Crippen LogP contribution in [0.25, 0.3) is 0 Å². The predicted octanol–water partition coefficient (Wildman–Crippen LogP) is 1.58. The minimum atomic E-state index is 0.155. The Labute approximate surface area is 113 Å². The molecule has 2 N–H and O–H groups in total. The fraction of sp³-hybridized carbons (Fsp3) is 0.467. The molecular weight excluding hydrogens is 236 g/mol. The molecule has 0 saturated carbocycles. The van der Waals surface area contributed by atoms with Crippen LogP contribution in [-0.2, 0) is 25.8 Å². The zero-order valence-electron chi connectivity index (χ0n) is 11.3. The Morgan fingerprint density at radius 3 is 2.63 bits per heavy atom. The van der Waals surface area contributed by atoms with Gasteiger partial charge >= 0.3 is 0 Å². The lowest BCUT2D eigenvalue weighted by molar-refractivity contribution is 0.422. The second-order valence-corrected chi connectivity index (χ2v) is 5.30. The highest BCUT2D eigenvalue weighted by Crippen LogP contribution is 2.28. The first-order valence-corrected chi connectivity index (χ1v) is 6.97. The molecule has 0 radical (unpaired) electrons. The van der Waals surface area contributed by atoms with E-state index >= 15 is 0 Å². The van der Waals surface area contributed by atoms with Gasteiger partial charge in [-0.3, -0.25) is 4.68 Å². The van der Waals surface area contributed by atoms with Gasteiger partial charge in [0.1, 0.15) is 12.2 Å². The molecule has 1 aliphatic carbocycles. The van der Waals surface area contributed by atoms with Crippen molar-refractivity contribution >= 4 is 0 Å². The van der Waals surface area contributed by atoms with Gasteiger partial charge in [0.2, 0.25) is 0 Å². The topological polar surface area (TPSA) is 56.7 Å². The summed E-state index contributed by atoms with van der Waals surface area (Å²) in [5.41, 5.74) is 9.31. The van der Waals surface area contributed by atoms with Crippen molar-refractivity contribution in [1.82, 2.24) is 14.8 Å².